The summed E-state index contributed by atoms with van der Waals surface area (Å²) >= 11 is 0. The zero-order chi connectivity index (χ0) is 19.4. The van der Waals surface area contributed by atoms with Gasteiger partial charge in [-0.25, -0.2) is 0 Å². The first kappa shape index (κ1) is 19.6. The number of hydrogen-bond acceptors (Lipinski definition) is 3. The van der Waals surface area contributed by atoms with Gasteiger partial charge in [-0.15, -0.1) is 0 Å². The molecule has 27 heavy (non-hydrogen) atoms. The molecule has 1 amide bonds. The number of hydrogen-bond donors (Lipinski definition) is 1. The SMILES string of the molecule is Cc1cc2c(cc1C)C(=O)N(CCC(C)(N)CCCc1cccnc1)CC2. The van der Waals surface area contributed by atoms with E-state index >= 15 is 0 Å². The summed E-state index contributed by atoms with van der Waals surface area (Å²) in [5, 5.41) is 0. The Morgan fingerprint density at radius 1 is 1.22 bits per heavy atom. The maximum Gasteiger partial charge on any atom is 0.254 e. The molecule has 0 fully saturated rings. The number of aromatic nitrogens is 1. The van der Waals surface area contributed by atoms with Crippen LogP contribution in [0.25, 0.3) is 0 Å². The summed E-state index contributed by atoms with van der Waals surface area (Å²) in [5.74, 6) is 0.158. The van der Waals surface area contributed by atoms with E-state index in [2.05, 4.69) is 44.0 Å². The molecule has 0 bridgehead atoms. The zero-order valence-electron chi connectivity index (χ0n) is 16.8. The third kappa shape index (κ3) is 4.95. The second kappa shape index (κ2) is 8.22. The largest absolute Gasteiger partial charge is 0.338 e. The molecule has 2 N–H and O–H groups in total. The maximum absolute atomic E-state index is 12.9. The third-order valence-corrected chi connectivity index (χ3v) is 5.78. The fourth-order valence-electron chi connectivity index (χ4n) is 3.78. The number of rotatable bonds is 7. The lowest BCUT2D eigenvalue weighted by molar-refractivity contribution is 0.0726. The summed E-state index contributed by atoms with van der Waals surface area (Å²) in [7, 11) is 0. The molecule has 1 aliphatic heterocycles. The van der Waals surface area contributed by atoms with Crippen molar-refractivity contribution in [1.82, 2.24) is 9.88 Å². The van der Waals surface area contributed by atoms with Crippen LogP contribution in [0.2, 0.25) is 0 Å². The molecule has 4 nitrogen and oxygen atoms in total. The highest BCUT2D eigenvalue weighted by Gasteiger charge is 2.27. The number of carbonyl (C=O) groups is 1. The van der Waals surface area contributed by atoms with Crippen molar-refractivity contribution < 1.29 is 4.79 Å². The molecule has 1 atom stereocenters. The Bertz CT molecular complexity index is 799. The third-order valence-electron chi connectivity index (χ3n) is 5.78. The minimum Gasteiger partial charge on any atom is -0.338 e. The van der Waals surface area contributed by atoms with Gasteiger partial charge in [-0.1, -0.05) is 12.1 Å². The van der Waals surface area contributed by atoms with Crippen molar-refractivity contribution in [3.8, 4) is 0 Å². The lowest BCUT2D eigenvalue weighted by Gasteiger charge is -2.33. The van der Waals surface area contributed by atoms with Gasteiger partial charge in [0, 0.05) is 36.6 Å². The molecule has 0 saturated carbocycles. The minimum atomic E-state index is -0.258. The van der Waals surface area contributed by atoms with E-state index in [9.17, 15) is 4.79 Å². The van der Waals surface area contributed by atoms with E-state index in [0.29, 0.717) is 0 Å². The van der Waals surface area contributed by atoms with E-state index in [0.717, 1.165) is 50.8 Å². The first-order chi connectivity index (χ1) is 12.9. The number of amides is 1. The zero-order valence-corrected chi connectivity index (χ0v) is 16.8. The van der Waals surface area contributed by atoms with Crippen LogP contribution in [-0.2, 0) is 12.8 Å². The van der Waals surface area contributed by atoms with Gasteiger partial charge >= 0.3 is 0 Å². The monoisotopic (exact) mass is 365 g/mol. The number of nitrogens with zero attached hydrogens (tertiary/aromatic N) is 2. The van der Waals surface area contributed by atoms with E-state index in [4.69, 9.17) is 5.73 Å². The molecule has 144 valence electrons. The van der Waals surface area contributed by atoms with E-state index < -0.39 is 0 Å². The molecular weight excluding hydrogens is 334 g/mol. The van der Waals surface area contributed by atoms with E-state index in [1.807, 2.05) is 17.2 Å². The second-order valence-electron chi connectivity index (χ2n) is 8.25. The fraction of sp³-hybridized carbons (Fsp3) is 0.478. The molecule has 2 aromatic rings. The molecule has 3 rings (SSSR count). The van der Waals surface area contributed by atoms with Crippen molar-refractivity contribution in [3.63, 3.8) is 0 Å². The number of carbonyl (C=O) groups excluding carboxylic acids is 1. The lowest BCUT2D eigenvalue weighted by Crippen LogP contribution is -2.44. The topological polar surface area (TPSA) is 59.2 Å². The number of aryl methyl sites for hydroxylation is 3. The quantitative estimate of drug-likeness (QED) is 0.811. The van der Waals surface area contributed by atoms with Crippen LogP contribution in [0.4, 0.5) is 0 Å². The van der Waals surface area contributed by atoms with Crippen molar-refractivity contribution in [1.29, 1.82) is 0 Å². The molecule has 0 spiro atoms. The van der Waals surface area contributed by atoms with Crippen LogP contribution in [0.5, 0.6) is 0 Å². The van der Waals surface area contributed by atoms with Crippen LogP contribution in [0, 0.1) is 13.8 Å². The average molecular weight is 366 g/mol. The standard InChI is InChI=1S/C23H31N3O/c1-17-14-20-8-12-26(22(27)21(20)15-18(17)2)13-10-23(3,24)9-4-6-19-7-5-11-25-16-19/h5,7,11,14-16H,4,6,8-10,12-13,24H2,1-3H3. The normalized spacial score (nSPS) is 16.1. The van der Waals surface area contributed by atoms with Crippen LogP contribution >= 0.6 is 0 Å². The molecule has 1 unspecified atom stereocenters. The Balaban J connectivity index is 1.53. The molecule has 0 radical (unpaired) electrons. The highest BCUT2D eigenvalue weighted by molar-refractivity contribution is 5.97. The van der Waals surface area contributed by atoms with Crippen LogP contribution in [0.15, 0.2) is 36.7 Å². The van der Waals surface area contributed by atoms with Crippen molar-refractivity contribution >= 4 is 5.91 Å². The molecule has 0 saturated heterocycles. The van der Waals surface area contributed by atoms with Gasteiger partial charge in [0.2, 0.25) is 0 Å². The number of nitrogens with two attached hydrogens (primary N) is 1. The number of pyridine rings is 1. The molecule has 4 heteroatoms. The number of benzene rings is 1. The fourth-order valence-corrected chi connectivity index (χ4v) is 3.78. The molecule has 1 aromatic heterocycles. The minimum absolute atomic E-state index is 0.158. The van der Waals surface area contributed by atoms with Gasteiger partial charge < -0.3 is 10.6 Å². The summed E-state index contributed by atoms with van der Waals surface area (Å²) in [6.07, 6.45) is 8.45. The lowest BCUT2D eigenvalue weighted by atomic mass is 9.90. The molecule has 0 aliphatic carbocycles. The van der Waals surface area contributed by atoms with Gasteiger partial charge in [0.05, 0.1) is 0 Å². The first-order valence-electron chi connectivity index (χ1n) is 9.93. The molecule has 1 aromatic carbocycles. The summed E-state index contributed by atoms with van der Waals surface area (Å²) in [4.78, 5) is 19.0. The summed E-state index contributed by atoms with van der Waals surface area (Å²) in [6, 6.07) is 8.30. The Labute approximate surface area is 162 Å². The van der Waals surface area contributed by atoms with Gasteiger partial charge in [0.25, 0.3) is 5.91 Å². The highest BCUT2D eigenvalue weighted by Crippen LogP contribution is 2.24. The molecular formula is C23H31N3O. The molecule has 1 aliphatic rings. The summed E-state index contributed by atoms with van der Waals surface area (Å²) < 4.78 is 0. The Morgan fingerprint density at radius 2 is 2.00 bits per heavy atom. The summed E-state index contributed by atoms with van der Waals surface area (Å²) in [6.45, 7) is 7.80. The maximum atomic E-state index is 12.9. The van der Waals surface area contributed by atoms with Crippen molar-refractivity contribution in [2.45, 2.75) is 58.4 Å². The molecule has 2 heterocycles. The average Bonchev–Trinajstić information content (AvgIpc) is 2.64. The first-order valence-corrected chi connectivity index (χ1v) is 9.93. The van der Waals surface area contributed by atoms with Gasteiger partial charge in [-0.3, -0.25) is 9.78 Å². The Hall–Kier alpha value is -2.20. The predicted molar refractivity (Wildman–Crippen MR) is 110 cm³/mol. The second-order valence-corrected chi connectivity index (χ2v) is 8.25. The van der Waals surface area contributed by atoms with Crippen LogP contribution in [0.1, 0.15) is 58.8 Å². The van der Waals surface area contributed by atoms with Gasteiger partial charge in [-0.05, 0) is 87.3 Å². The van der Waals surface area contributed by atoms with Crippen LogP contribution in [0.3, 0.4) is 0 Å². The van der Waals surface area contributed by atoms with Crippen molar-refractivity contribution in [2.24, 2.45) is 5.73 Å². The van der Waals surface area contributed by atoms with E-state index in [1.165, 1.54) is 22.3 Å². The van der Waals surface area contributed by atoms with Gasteiger partial charge in [0.1, 0.15) is 0 Å². The summed E-state index contributed by atoms with van der Waals surface area (Å²) in [5.41, 5.74) is 12.0. The predicted octanol–water partition coefficient (Wildman–Crippen LogP) is 3.83. The van der Waals surface area contributed by atoms with Gasteiger partial charge in [-0.2, -0.15) is 0 Å². The number of fused-ring (bicyclic) bond motifs is 1. The highest BCUT2D eigenvalue weighted by atomic mass is 16.2. The van der Waals surface area contributed by atoms with E-state index in [-0.39, 0.29) is 11.4 Å². The van der Waals surface area contributed by atoms with Gasteiger partial charge in [0.15, 0.2) is 0 Å². The Morgan fingerprint density at radius 3 is 2.74 bits per heavy atom. The Kier molecular flexibility index (Phi) is 5.95. The van der Waals surface area contributed by atoms with Crippen LogP contribution in [-0.4, -0.2) is 34.4 Å². The van der Waals surface area contributed by atoms with Crippen molar-refractivity contribution in [2.75, 3.05) is 13.1 Å². The van der Waals surface area contributed by atoms with Crippen molar-refractivity contribution in [3.05, 3.63) is 64.5 Å². The van der Waals surface area contributed by atoms with E-state index in [1.54, 1.807) is 6.20 Å². The smallest absolute Gasteiger partial charge is 0.254 e. The van der Waals surface area contributed by atoms with Crippen LogP contribution < -0.4 is 5.73 Å².